The van der Waals surface area contributed by atoms with Crippen LogP contribution in [0.15, 0.2) is 79.1 Å². The number of rotatable bonds is 7. The molecule has 1 unspecified atom stereocenters. The van der Waals surface area contributed by atoms with Gasteiger partial charge >= 0.3 is 0 Å². The van der Waals surface area contributed by atoms with E-state index < -0.39 is 10.0 Å². The van der Waals surface area contributed by atoms with Gasteiger partial charge in [-0.15, -0.1) is 0 Å². The van der Waals surface area contributed by atoms with Gasteiger partial charge in [-0.2, -0.15) is 0 Å². The lowest BCUT2D eigenvalue weighted by molar-refractivity contribution is 0.591. The third-order valence-electron chi connectivity index (χ3n) is 4.73. The molecule has 0 N–H and O–H groups in total. The maximum absolute atomic E-state index is 12.7. The fourth-order valence-corrected chi connectivity index (χ4v) is 4.13. The second-order valence-corrected chi connectivity index (χ2v) is 8.67. The molecular formula is C22H24N2O2S. The molecule has 3 rings (SSSR count). The Morgan fingerprint density at radius 2 is 1.59 bits per heavy atom. The number of aromatic nitrogens is 1. The molecule has 0 radical (unpaired) electrons. The Labute approximate surface area is 161 Å². The van der Waals surface area contributed by atoms with Crippen molar-refractivity contribution in [3.05, 3.63) is 95.8 Å². The first-order valence-corrected chi connectivity index (χ1v) is 10.7. The van der Waals surface area contributed by atoms with Crippen molar-refractivity contribution in [2.45, 2.75) is 26.3 Å². The van der Waals surface area contributed by atoms with Crippen LogP contribution < -0.4 is 4.31 Å². The van der Waals surface area contributed by atoms with Gasteiger partial charge in [0, 0.05) is 18.3 Å². The lowest BCUT2D eigenvalue weighted by atomic mass is 9.93. The molecule has 0 saturated heterocycles. The highest BCUT2D eigenvalue weighted by Crippen LogP contribution is 2.28. The minimum absolute atomic E-state index is 0.0510. The predicted octanol–water partition coefficient (Wildman–Crippen LogP) is 4.59. The number of benzene rings is 2. The zero-order valence-corrected chi connectivity index (χ0v) is 16.4. The SMILES string of the molecule is CCS(=O)(=O)N(Cc1cccnc1)c1ccc(C(C)c2ccccc2)cc1. The van der Waals surface area contributed by atoms with Gasteiger partial charge in [0.05, 0.1) is 18.0 Å². The fraction of sp³-hybridized carbons (Fsp3) is 0.227. The number of anilines is 1. The molecule has 0 saturated carbocycles. The zero-order valence-electron chi connectivity index (χ0n) is 15.6. The number of nitrogens with zero attached hydrogens (tertiary/aromatic N) is 2. The van der Waals surface area contributed by atoms with Crippen molar-refractivity contribution < 1.29 is 8.42 Å². The molecule has 0 aliphatic carbocycles. The minimum Gasteiger partial charge on any atom is -0.266 e. The maximum atomic E-state index is 12.7. The van der Waals surface area contributed by atoms with Crippen molar-refractivity contribution in [2.24, 2.45) is 0 Å². The summed E-state index contributed by atoms with van der Waals surface area (Å²) in [5.41, 5.74) is 3.92. The summed E-state index contributed by atoms with van der Waals surface area (Å²) < 4.78 is 26.8. The van der Waals surface area contributed by atoms with E-state index in [9.17, 15) is 8.42 Å². The Morgan fingerprint density at radius 3 is 2.19 bits per heavy atom. The molecule has 0 aliphatic heterocycles. The van der Waals surface area contributed by atoms with Crippen LogP contribution in [0.2, 0.25) is 0 Å². The van der Waals surface area contributed by atoms with Crippen molar-refractivity contribution in [1.29, 1.82) is 0 Å². The van der Waals surface area contributed by atoms with Gasteiger partial charge in [0.25, 0.3) is 0 Å². The van der Waals surface area contributed by atoms with Gasteiger partial charge < -0.3 is 0 Å². The lowest BCUT2D eigenvalue weighted by Gasteiger charge is -2.24. The Bertz CT molecular complexity index is 956. The van der Waals surface area contributed by atoms with E-state index in [1.165, 1.54) is 9.87 Å². The van der Waals surface area contributed by atoms with Crippen molar-refractivity contribution >= 4 is 15.7 Å². The molecule has 0 bridgehead atoms. The van der Waals surface area contributed by atoms with Crippen LogP contribution in [0.5, 0.6) is 0 Å². The van der Waals surface area contributed by atoms with E-state index >= 15 is 0 Å². The molecule has 1 heterocycles. The number of pyridine rings is 1. The van der Waals surface area contributed by atoms with Crippen molar-refractivity contribution in [2.75, 3.05) is 10.1 Å². The van der Waals surface area contributed by atoms with Crippen molar-refractivity contribution in [3.63, 3.8) is 0 Å². The average Bonchev–Trinajstić information content (AvgIpc) is 2.73. The third kappa shape index (κ3) is 4.55. The van der Waals surface area contributed by atoms with E-state index in [0.29, 0.717) is 5.69 Å². The average molecular weight is 381 g/mol. The summed E-state index contributed by atoms with van der Waals surface area (Å²) in [4.78, 5) is 4.09. The number of sulfonamides is 1. The Kier molecular flexibility index (Phi) is 5.91. The van der Waals surface area contributed by atoms with Gasteiger partial charge in [0.1, 0.15) is 0 Å². The van der Waals surface area contributed by atoms with Crippen LogP contribution in [-0.4, -0.2) is 19.2 Å². The third-order valence-corrected chi connectivity index (χ3v) is 6.47. The first kappa shape index (κ1) is 19.1. The van der Waals surface area contributed by atoms with Gasteiger partial charge in [0.15, 0.2) is 0 Å². The number of hydrogen-bond donors (Lipinski definition) is 0. The summed E-state index contributed by atoms with van der Waals surface area (Å²) in [5.74, 6) is 0.296. The Balaban J connectivity index is 1.89. The molecule has 1 atom stereocenters. The van der Waals surface area contributed by atoms with E-state index in [4.69, 9.17) is 0 Å². The van der Waals surface area contributed by atoms with Crippen LogP contribution in [-0.2, 0) is 16.6 Å². The van der Waals surface area contributed by atoms with Crippen LogP contribution in [0.4, 0.5) is 5.69 Å². The standard InChI is InChI=1S/C22H24N2O2S/c1-3-27(25,26)24(17-19-8-7-15-23-16-19)22-13-11-21(12-14-22)18(2)20-9-5-4-6-10-20/h4-16,18H,3,17H2,1-2H3. The molecule has 0 spiro atoms. The van der Waals surface area contributed by atoms with Gasteiger partial charge in [-0.05, 0) is 41.8 Å². The monoisotopic (exact) mass is 380 g/mol. The molecule has 3 aromatic rings. The normalized spacial score (nSPS) is 12.5. The molecule has 0 amide bonds. The quantitative estimate of drug-likeness (QED) is 0.602. The number of hydrogen-bond acceptors (Lipinski definition) is 3. The summed E-state index contributed by atoms with van der Waals surface area (Å²) in [6.45, 7) is 4.09. The summed E-state index contributed by atoms with van der Waals surface area (Å²) in [6, 6.07) is 21.8. The first-order chi connectivity index (χ1) is 13.0. The highest BCUT2D eigenvalue weighted by molar-refractivity contribution is 7.92. The zero-order chi connectivity index (χ0) is 19.3. The molecule has 140 valence electrons. The first-order valence-electron chi connectivity index (χ1n) is 9.05. The van der Waals surface area contributed by atoms with E-state index in [2.05, 4.69) is 24.0 Å². The van der Waals surface area contributed by atoms with Crippen LogP contribution in [0.1, 0.15) is 36.5 Å². The molecule has 2 aromatic carbocycles. The topological polar surface area (TPSA) is 50.3 Å². The smallest absolute Gasteiger partial charge is 0.235 e. The fourth-order valence-electron chi connectivity index (χ4n) is 3.03. The van der Waals surface area contributed by atoms with Crippen molar-refractivity contribution in [3.8, 4) is 0 Å². The molecule has 5 heteroatoms. The summed E-state index contributed by atoms with van der Waals surface area (Å²) >= 11 is 0. The highest BCUT2D eigenvalue weighted by Gasteiger charge is 2.21. The van der Waals surface area contributed by atoms with E-state index in [1.54, 1.807) is 19.3 Å². The molecule has 4 nitrogen and oxygen atoms in total. The van der Waals surface area contributed by atoms with Crippen LogP contribution in [0.25, 0.3) is 0 Å². The van der Waals surface area contributed by atoms with E-state index in [-0.39, 0.29) is 18.2 Å². The predicted molar refractivity (Wildman–Crippen MR) is 110 cm³/mol. The van der Waals surface area contributed by atoms with Crippen LogP contribution in [0, 0.1) is 0 Å². The molecular weight excluding hydrogens is 356 g/mol. The van der Waals surface area contributed by atoms with Crippen LogP contribution >= 0.6 is 0 Å². The summed E-state index contributed by atoms with van der Waals surface area (Å²) in [6.07, 6.45) is 3.38. The minimum atomic E-state index is -3.39. The molecule has 27 heavy (non-hydrogen) atoms. The summed E-state index contributed by atoms with van der Waals surface area (Å²) in [7, 11) is -3.39. The highest BCUT2D eigenvalue weighted by atomic mass is 32.2. The van der Waals surface area contributed by atoms with E-state index in [1.807, 2.05) is 54.6 Å². The van der Waals surface area contributed by atoms with E-state index in [0.717, 1.165) is 11.1 Å². The Morgan fingerprint density at radius 1 is 0.926 bits per heavy atom. The second kappa shape index (κ2) is 8.35. The molecule has 0 fully saturated rings. The van der Waals surface area contributed by atoms with Gasteiger partial charge in [-0.3, -0.25) is 9.29 Å². The van der Waals surface area contributed by atoms with Gasteiger partial charge in [-0.1, -0.05) is 55.5 Å². The molecule has 1 aromatic heterocycles. The largest absolute Gasteiger partial charge is 0.266 e. The van der Waals surface area contributed by atoms with Crippen molar-refractivity contribution in [1.82, 2.24) is 4.98 Å². The Hall–Kier alpha value is -2.66. The lowest BCUT2D eigenvalue weighted by Crippen LogP contribution is -2.31. The van der Waals surface area contributed by atoms with Crippen LogP contribution in [0.3, 0.4) is 0 Å². The maximum Gasteiger partial charge on any atom is 0.235 e. The second-order valence-electron chi connectivity index (χ2n) is 6.49. The van der Waals surface area contributed by atoms with Gasteiger partial charge in [-0.25, -0.2) is 8.42 Å². The van der Waals surface area contributed by atoms with Gasteiger partial charge in [0.2, 0.25) is 10.0 Å². The molecule has 0 aliphatic rings. The summed E-state index contributed by atoms with van der Waals surface area (Å²) in [5, 5.41) is 0.